The minimum atomic E-state index is 0.322. The molecule has 1 rings (SSSR count). The zero-order valence-electron chi connectivity index (χ0n) is 12.7. The first kappa shape index (κ1) is 16.3. The van der Waals surface area contributed by atoms with E-state index >= 15 is 0 Å². The fraction of sp³-hybridized carbons (Fsp3) is 0.562. The van der Waals surface area contributed by atoms with Crippen LogP contribution in [0, 0.1) is 0 Å². The number of hydrogen-bond acceptors (Lipinski definition) is 2. The van der Waals surface area contributed by atoms with Gasteiger partial charge in [-0.05, 0) is 37.5 Å². The molecular formula is C16H27N3O. The van der Waals surface area contributed by atoms with E-state index in [1.165, 1.54) is 12.8 Å². The van der Waals surface area contributed by atoms with Crippen LogP contribution in [-0.2, 0) is 6.42 Å². The maximum atomic E-state index is 9.42. The van der Waals surface area contributed by atoms with E-state index < -0.39 is 0 Å². The van der Waals surface area contributed by atoms with Gasteiger partial charge in [0.25, 0.3) is 0 Å². The van der Waals surface area contributed by atoms with Gasteiger partial charge in [-0.3, -0.25) is 4.99 Å². The van der Waals surface area contributed by atoms with Crippen LogP contribution in [0.3, 0.4) is 0 Å². The lowest BCUT2D eigenvalue weighted by atomic mass is 10.1. The van der Waals surface area contributed by atoms with Crippen LogP contribution in [0.5, 0.6) is 5.75 Å². The highest BCUT2D eigenvalue weighted by atomic mass is 16.3. The fourth-order valence-electron chi connectivity index (χ4n) is 1.93. The second-order valence-corrected chi connectivity index (χ2v) is 4.81. The van der Waals surface area contributed by atoms with Crippen molar-refractivity contribution in [1.29, 1.82) is 0 Å². The van der Waals surface area contributed by atoms with Crippen LogP contribution in [0.4, 0.5) is 0 Å². The number of guanidine groups is 1. The van der Waals surface area contributed by atoms with Crippen molar-refractivity contribution in [3.63, 3.8) is 0 Å². The fourth-order valence-corrected chi connectivity index (χ4v) is 1.93. The highest BCUT2D eigenvalue weighted by molar-refractivity contribution is 5.79. The molecule has 0 spiro atoms. The number of rotatable bonds is 8. The Balaban J connectivity index is 2.34. The molecule has 0 saturated carbocycles. The van der Waals surface area contributed by atoms with E-state index in [0.717, 1.165) is 44.0 Å². The summed E-state index contributed by atoms with van der Waals surface area (Å²) in [5.74, 6) is 1.20. The largest absolute Gasteiger partial charge is 0.508 e. The van der Waals surface area contributed by atoms with Crippen molar-refractivity contribution < 1.29 is 5.11 Å². The standard InChI is InChI=1S/C16H27N3O/c1-3-5-6-11-18-16(17-4-2)19-12-10-14-8-7-9-15(20)13-14/h7-9,13,20H,3-6,10-12H2,1-2H3,(H2,17,18,19). The van der Waals surface area contributed by atoms with E-state index in [4.69, 9.17) is 0 Å². The first-order chi connectivity index (χ1) is 9.76. The lowest BCUT2D eigenvalue weighted by molar-refractivity contribution is 0.474. The molecule has 1 aromatic carbocycles. The Bertz CT molecular complexity index is 404. The second kappa shape index (κ2) is 10.1. The number of nitrogens with one attached hydrogen (secondary N) is 2. The third-order valence-electron chi connectivity index (χ3n) is 2.99. The zero-order chi connectivity index (χ0) is 14.6. The molecule has 4 nitrogen and oxygen atoms in total. The summed E-state index contributed by atoms with van der Waals surface area (Å²) in [4.78, 5) is 4.54. The summed E-state index contributed by atoms with van der Waals surface area (Å²) < 4.78 is 0. The van der Waals surface area contributed by atoms with Gasteiger partial charge < -0.3 is 15.7 Å². The Morgan fingerprint density at radius 1 is 1.20 bits per heavy atom. The van der Waals surface area contributed by atoms with Gasteiger partial charge in [0.05, 0.1) is 0 Å². The molecule has 3 N–H and O–H groups in total. The molecule has 0 aliphatic heterocycles. The van der Waals surface area contributed by atoms with Crippen LogP contribution in [0.2, 0.25) is 0 Å². The van der Waals surface area contributed by atoms with Crippen molar-refractivity contribution in [2.24, 2.45) is 4.99 Å². The van der Waals surface area contributed by atoms with Gasteiger partial charge >= 0.3 is 0 Å². The van der Waals surface area contributed by atoms with Gasteiger partial charge in [0.15, 0.2) is 5.96 Å². The molecule has 20 heavy (non-hydrogen) atoms. The number of phenols is 1. The summed E-state index contributed by atoms with van der Waals surface area (Å²) in [6.07, 6.45) is 4.45. The lowest BCUT2D eigenvalue weighted by Crippen LogP contribution is -2.38. The zero-order valence-corrected chi connectivity index (χ0v) is 12.7. The Morgan fingerprint density at radius 3 is 2.75 bits per heavy atom. The van der Waals surface area contributed by atoms with Gasteiger partial charge in [0.2, 0.25) is 0 Å². The number of hydrogen-bond donors (Lipinski definition) is 3. The molecule has 112 valence electrons. The molecule has 0 fully saturated rings. The number of aliphatic imine (C=N–C) groups is 1. The molecule has 0 atom stereocenters. The van der Waals surface area contributed by atoms with Crippen LogP contribution >= 0.6 is 0 Å². The van der Waals surface area contributed by atoms with E-state index in [1.54, 1.807) is 12.1 Å². The molecule has 0 amide bonds. The van der Waals surface area contributed by atoms with Crippen molar-refractivity contribution in [1.82, 2.24) is 10.6 Å². The highest BCUT2D eigenvalue weighted by Crippen LogP contribution is 2.10. The molecule has 0 saturated heterocycles. The maximum Gasteiger partial charge on any atom is 0.191 e. The first-order valence-electron chi connectivity index (χ1n) is 7.56. The second-order valence-electron chi connectivity index (χ2n) is 4.81. The number of phenolic OH excluding ortho intramolecular Hbond substituents is 1. The van der Waals surface area contributed by atoms with E-state index in [-0.39, 0.29) is 0 Å². The van der Waals surface area contributed by atoms with Gasteiger partial charge in [-0.1, -0.05) is 31.9 Å². The van der Waals surface area contributed by atoms with Crippen LogP contribution in [0.25, 0.3) is 0 Å². The topological polar surface area (TPSA) is 56.7 Å². The van der Waals surface area contributed by atoms with E-state index in [0.29, 0.717) is 5.75 Å². The van der Waals surface area contributed by atoms with E-state index in [2.05, 4.69) is 29.5 Å². The smallest absolute Gasteiger partial charge is 0.191 e. The van der Waals surface area contributed by atoms with Gasteiger partial charge in [-0.2, -0.15) is 0 Å². The molecule has 0 aliphatic rings. The summed E-state index contributed by atoms with van der Waals surface area (Å²) in [5.41, 5.74) is 1.12. The summed E-state index contributed by atoms with van der Waals surface area (Å²) in [5, 5.41) is 16.0. The summed E-state index contributed by atoms with van der Waals surface area (Å²) in [6, 6.07) is 7.38. The molecule has 0 heterocycles. The number of unbranched alkanes of at least 4 members (excludes halogenated alkanes) is 2. The van der Waals surface area contributed by atoms with E-state index in [1.807, 2.05) is 12.1 Å². The summed E-state index contributed by atoms with van der Waals surface area (Å²) >= 11 is 0. The molecule has 4 heteroatoms. The molecule has 1 aromatic rings. The molecule has 0 aliphatic carbocycles. The molecule has 0 aromatic heterocycles. The van der Waals surface area contributed by atoms with Crippen LogP contribution < -0.4 is 10.6 Å². The Kier molecular flexibility index (Phi) is 8.27. The van der Waals surface area contributed by atoms with Crippen LogP contribution in [0.15, 0.2) is 29.3 Å². The normalized spacial score (nSPS) is 11.4. The third kappa shape index (κ3) is 7.02. The Morgan fingerprint density at radius 2 is 2.05 bits per heavy atom. The first-order valence-corrected chi connectivity index (χ1v) is 7.56. The third-order valence-corrected chi connectivity index (χ3v) is 2.99. The van der Waals surface area contributed by atoms with Crippen LogP contribution in [0.1, 0.15) is 38.7 Å². The van der Waals surface area contributed by atoms with E-state index in [9.17, 15) is 5.11 Å². The van der Waals surface area contributed by atoms with Gasteiger partial charge in [0.1, 0.15) is 5.75 Å². The number of benzene rings is 1. The quantitative estimate of drug-likeness (QED) is 0.389. The average molecular weight is 277 g/mol. The van der Waals surface area contributed by atoms with Crippen molar-refractivity contribution in [2.45, 2.75) is 39.5 Å². The summed E-state index contributed by atoms with van der Waals surface area (Å²) in [7, 11) is 0. The van der Waals surface area contributed by atoms with Gasteiger partial charge in [-0.15, -0.1) is 0 Å². The maximum absolute atomic E-state index is 9.42. The minimum absolute atomic E-state index is 0.322. The predicted molar refractivity (Wildman–Crippen MR) is 85.3 cm³/mol. The Hall–Kier alpha value is -1.71. The van der Waals surface area contributed by atoms with Crippen LogP contribution in [-0.4, -0.2) is 30.7 Å². The predicted octanol–water partition coefficient (Wildman–Crippen LogP) is 2.68. The van der Waals surface area contributed by atoms with Crippen molar-refractivity contribution >= 4 is 5.96 Å². The lowest BCUT2D eigenvalue weighted by Gasteiger charge is -2.11. The Labute approximate surface area is 122 Å². The number of aromatic hydroxyl groups is 1. The van der Waals surface area contributed by atoms with Crippen molar-refractivity contribution in [3.8, 4) is 5.75 Å². The molecular weight excluding hydrogens is 250 g/mol. The minimum Gasteiger partial charge on any atom is -0.508 e. The van der Waals surface area contributed by atoms with Crippen molar-refractivity contribution in [3.05, 3.63) is 29.8 Å². The molecule has 0 radical (unpaired) electrons. The SMILES string of the molecule is CCCCCN=C(NCC)NCCc1cccc(O)c1. The van der Waals surface area contributed by atoms with Crippen molar-refractivity contribution in [2.75, 3.05) is 19.6 Å². The van der Waals surface area contributed by atoms with Gasteiger partial charge in [0, 0.05) is 19.6 Å². The average Bonchev–Trinajstić information content (AvgIpc) is 2.43. The molecule has 0 bridgehead atoms. The summed E-state index contributed by atoms with van der Waals surface area (Å²) in [6.45, 7) is 6.81. The molecule has 0 unspecified atom stereocenters. The monoisotopic (exact) mass is 277 g/mol. The highest BCUT2D eigenvalue weighted by Gasteiger charge is 1.98. The van der Waals surface area contributed by atoms with Gasteiger partial charge in [-0.25, -0.2) is 0 Å². The number of nitrogens with zero attached hydrogens (tertiary/aromatic N) is 1.